The van der Waals surface area contributed by atoms with Gasteiger partial charge in [-0.1, -0.05) is 213 Å². The van der Waals surface area contributed by atoms with Crippen LogP contribution in [0.3, 0.4) is 0 Å². The SMILES string of the molecule is C=CCOC(=O)C[C@H](O)[C@@H](Cc1ccccc1)NC(=O)[C@@H](CSC(c1ccccc1)(c1ccccc1)c1ccccc1)NC(=O)[C@@H](Cc1ccccc1)N=C([O-])OCC1c2ccccc2-c2ccccc21. The van der Waals surface area contributed by atoms with Gasteiger partial charge in [-0.3, -0.25) is 19.4 Å². The standard InChI is InChI=1S/C60H57N3O7S/c1-2-36-69-56(65)39-55(64)52(37-42-22-8-3-9-23-42)61-58(67)54(41-71-60(44-26-12-5-13-27-44,45-28-14-6-15-29-45)46-30-16-7-17-31-46)62-57(66)53(38-43-24-10-4-11-25-43)63-59(68)70-40-51-49-34-20-18-32-47(49)48-33-19-21-35-50(48)51/h2-35,51-55,64H,1,36-41H2,(H,61,67)(H,62,66)(H,63,68)/p-1/t52-,53-,54-,55+/m1/s1. The van der Waals surface area contributed by atoms with Crippen molar-refractivity contribution >= 4 is 35.6 Å². The second-order valence-corrected chi connectivity index (χ2v) is 18.6. The number of fused-ring (bicyclic) bond motifs is 3. The fraction of sp³-hybridized carbons (Fsp3) is 0.200. The fourth-order valence-corrected chi connectivity index (χ4v) is 10.7. The molecule has 0 unspecified atom stereocenters. The van der Waals surface area contributed by atoms with Crippen molar-refractivity contribution in [2.45, 2.75) is 54.2 Å². The van der Waals surface area contributed by atoms with Crippen LogP contribution >= 0.6 is 11.8 Å². The molecule has 360 valence electrons. The predicted molar refractivity (Wildman–Crippen MR) is 278 cm³/mol. The molecule has 11 heteroatoms. The van der Waals surface area contributed by atoms with Crippen molar-refractivity contribution in [1.29, 1.82) is 0 Å². The Hall–Kier alpha value is -7.73. The minimum Gasteiger partial charge on any atom is -0.599 e. The highest BCUT2D eigenvalue weighted by Crippen LogP contribution is 2.49. The van der Waals surface area contributed by atoms with Crippen LogP contribution in [-0.2, 0) is 41.4 Å². The third-order valence-corrected chi connectivity index (χ3v) is 14.3. The third-order valence-electron chi connectivity index (χ3n) is 12.6. The van der Waals surface area contributed by atoms with Gasteiger partial charge in [0, 0.05) is 24.7 Å². The normalized spacial score (nSPS) is 13.9. The van der Waals surface area contributed by atoms with E-state index in [4.69, 9.17) is 9.47 Å². The number of benzene rings is 7. The van der Waals surface area contributed by atoms with E-state index in [2.05, 4.69) is 34.3 Å². The van der Waals surface area contributed by atoms with Gasteiger partial charge >= 0.3 is 5.97 Å². The number of aliphatic hydroxyl groups is 1. The van der Waals surface area contributed by atoms with Crippen LogP contribution in [0.5, 0.6) is 0 Å². The zero-order valence-electron chi connectivity index (χ0n) is 39.2. The van der Waals surface area contributed by atoms with Gasteiger partial charge in [-0.05, 0) is 56.5 Å². The Bertz CT molecular complexity index is 2740. The largest absolute Gasteiger partial charge is 0.599 e. The molecule has 0 radical (unpaired) electrons. The van der Waals surface area contributed by atoms with E-state index < -0.39 is 59.3 Å². The molecule has 7 aromatic carbocycles. The van der Waals surface area contributed by atoms with Crippen molar-refractivity contribution in [3.63, 3.8) is 0 Å². The first kappa shape index (κ1) is 49.7. The molecule has 4 atom stereocenters. The van der Waals surface area contributed by atoms with Crippen molar-refractivity contribution < 1.29 is 34.1 Å². The number of carbonyl (C=O) groups is 3. The molecule has 71 heavy (non-hydrogen) atoms. The number of nitrogens with one attached hydrogen (secondary N) is 2. The highest BCUT2D eigenvalue weighted by atomic mass is 32.2. The monoisotopic (exact) mass is 962 g/mol. The maximum absolute atomic E-state index is 15.1. The fourth-order valence-electron chi connectivity index (χ4n) is 9.18. The quantitative estimate of drug-likeness (QED) is 0.0201. The minimum atomic E-state index is -1.37. The van der Waals surface area contributed by atoms with Gasteiger partial charge in [0.25, 0.3) is 0 Å². The molecule has 7 aromatic rings. The Balaban J connectivity index is 1.14. The Morgan fingerprint density at radius 3 is 1.61 bits per heavy atom. The number of aliphatic imine (C=N–C) groups is 1. The number of esters is 1. The van der Waals surface area contributed by atoms with E-state index in [9.17, 15) is 19.8 Å². The van der Waals surface area contributed by atoms with E-state index in [1.165, 1.54) is 17.8 Å². The van der Waals surface area contributed by atoms with Crippen molar-refractivity contribution in [3.05, 3.63) is 252 Å². The molecule has 0 bridgehead atoms. The number of ether oxygens (including phenoxy) is 2. The molecule has 8 rings (SSSR count). The zero-order valence-corrected chi connectivity index (χ0v) is 40.0. The average molecular weight is 963 g/mol. The molecule has 3 N–H and O–H groups in total. The van der Waals surface area contributed by atoms with Gasteiger partial charge in [0.1, 0.15) is 24.8 Å². The first-order valence-electron chi connectivity index (χ1n) is 23.7. The molecule has 1 aliphatic carbocycles. The number of hydrogen-bond donors (Lipinski definition) is 3. The number of hydrogen-bond acceptors (Lipinski definition) is 9. The van der Waals surface area contributed by atoms with Gasteiger partial charge in [0.15, 0.2) is 0 Å². The molecule has 0 aliphatic heterocycles. The zero-order chi connectivity index (χ0) is 49.4. The van der Waals surface area contributed by atoms with Gasteiger partial charge < -0.3 is 30.3 Å². The second-order valence-electron chi connectivity index (χ2n) is 17.3. The van der Waals surface area contributed by atoms with Gasteiger partial charge in [0.2, 0.25) is 11.8 Å². The summed E-state index contributed by atoms with van der Waals surface area (Å²) < 4.78 is 10.2. The van der Waals surface area contributed by atoms with Crippen LogP contribution in [0.4, 0.5) is 0 Å². The Kier molecular flexibility index (Phi) is 16.9. The summed E-state index contributed by atoms with van der Waals surface area (Å²) in [6.07, 6.45) is -1.07. The summed E-state index contributed by atoms with van der Waals surface area (Å²) in [7, 11) is 0. The smallest absolute Gasteiger partial charge is 0.308 e. The van der Waals surface area contributed by atoms with Crippen LogP contribution in [0.1, 0.15) is 51.3 Å². The van der Waals surface area contributed by atoms with E-state index in [0.29, 0.717) is 0 Å². The van der Waals surface area contributed by atoms with Crippen molar-refractivity contribution in [1.82, 2.24) is 10.6 Å². The van der Waals surface area contributed by atoms with Crippen LogP contribution in [-0.4, -0.2) is 72.2 Å². The Morgan fingerprint density at radius 2 is 1.10 bits per heavy atom. The van der Waals surface area contributed by atoms with Crippen LogP contribution in [0.2, 0.25) is 0 Å². The summed E-state index contributed by atoms with van der Waals surface area (Å²) in [6, 6.07) is 60.9. The van der Waals surface area contributed by atoms with E-state index in [0.717, 1.165) is 50.1 Å². The summed E-state index contributed by atoms with van der Waals surface area (Å²) in [5, 5.41) is 31.6. The van der Waals surface area contributed by atoms with Crippen molar-refractivity contribution in [3.8, 4) is 11.1 Å². The molecule has 0 fully saturated rings. The second kappa shape index (κ2) is 24.2. The molecule has 0 spiro atoms. The molecule has 0 heterocycles. The Morgan fingerprint density at radius 1 is 0.634 bits per heavy atom. The lowest BCUT2D eigenvalue weighted by Crippen LogP contribution is -2.56. The molecule has 0 saturated carbocycles. The van der Waals surface area contributed by atoms with Gasteiger partial charge in [-0.2, -0.15) is 0 Å². The first-order chi connectivity index (χ1) is 34.7. The Labute approximate surface area is 419 Å². The number of rotatable bonds is 22. The molecule has 10 nitrogen and oxygen atoms in total. The molecule has 1 aliphatic rings. The van der Waals surface area contributed by atoms with Gasteiger partial charge in [0.05, 0.1) is 23.3 Å². The third kappa shape index (κ3) is 12.4. The van der Waals surface area contributed by atoms with Gasteiger partial charge in [-0.15, -0.1) is 11.8 Å². The number of nitrogens with zero attached hydrogens (tertiary/aromatic N) is 1. The maximum Gasteiger partial charge on any atom is 0.308 e. The predicted octanol–water partition coefficient (Wildman–Crippen LogP) is 8.56. The minimum absolute atomic E-state index is 0.00447. The van der Waals surface area contributed by atoms with E-state index in [-0.39, 0.29) is 37.7 Å². The number of carbonyl (C=O) groups excluding carboxylic acids is 3. The summed E-state index contributed by atoms with van der Waals surface area (Å²) in [5.41, 5.74) is 8.58. The molecule has 0 saturated heterocycles. The van der Waals surface area contributed by atoms with Crippen molar-refractivity contribution in [2.24, 2.45) is 4.99 Å². The van der Waals surface area contributed by atoms with E-state index in [1.807, 2.05) is 188 Å². The molecular formula is C60H56N3O7S-. The lowest BCUT2D eigenvalue weighted by atomic mass is 9.84. The summed E-state index contributed by atoms with van der Waals surface area (Å²) >= 11 is 1.46. The lowest BCUT2D eigenvalue weighted by molar-refractivity contribution is -0.251. The van der Waals surface area contributed by atoms with Crippen LogP contribution < -0.4 is 15.7 Å². The summed E-state index contributed by atoms with van der Waals surface area (Å²) in [5.74, 6) is -2.18. The van der Waals surface area contributed by atoms with E-state index in [1.54, 1.807) is 0 Å². The summed E-state index contributed by atoms with van der Waals surface area (Å²) in [6.45, 7) is 3.57. The summed E-state index contributed by atoms with van der Waals surface area (Å²) in [4.78, 5) is 47.3. The molecule has 0 aromatic heterocycles. The number of thioether (sulfide) groups is 1. The lowest BCUT2D eigenvalue weighted by Gasteiger charge is -2.37. The topological polar surface area (TPSA) is 149 Å². The van der Waals surface area contributed by atoms with Crippen LogP contribution in [0.15, 0.2) is 218 Å². The first-order valence-corrected chi connectivity index (χ1v) is 24.7. The molecular weight excluding hydrogens is 907 g/mol. The average Bonchev–Trinajstić information content (AvgIpc) is 3.73. The molecule has 2 amide bonds. The van der Waals surface area contributed by atoms with Crippen molar-refractivity contribution in [2.75, 3.05) is 19.0 Å². The highest BCUT2D eigenvalue weighted by molar-refractivity contribution is 8.00. The number of aliphatic hydroxyl groups excluding tert-OH is 1. The van der Waals surface area contributed by atoms with E-state index >= 15 is 4.79 Å². The van der Waals surface area contributed by atoms with Gasteiger partial charge in [-0.25, -0.2) is 0 Å². The number of amides is 2. The van der Waals surface area contributed by atoms with Crippen LogP contribution in [0.25, 0.3) is 11.1 Å². The maximum atomic E-state index is 15.1. The highest BCUT2D eigenvalue weighted by Gasteiger charge is 2.40. The van der Waals surface area contributed by atoms with Crippen LogP contribution in [0, 0.1) is 0 Å².